The maximum absolute atomic E-state index is 13.0. The van der Waals surface area contributed by atoms with Gasteiger partial charge in [-0.15, -0.1) is 0 Å². The predicted octanol–water partition coefficient (Wildman–Crippen LogP) is 4.52. The summed E-state index contributed by atoms with van der Waals surface area (Å²) < 4.78 is 8.03. The van der Waals surface area contributed by atoms with Crippen molar-refractivity contribution in [2.75, 3.05) is 13.1 Å². The van der Waals surface area contributed by atoms with Gasteiger partial charge in [-0.25, -0.2) is 0 Å². The Balaban J connectivity index is 1.42. The van der Waals surface area contributed by atoms with Crippen LogP contribution in [0.15, 0.2) is 54.7 Å². The van der Waals surface area contributed by atoms with Crippen LogP contribution in [0.25, 0.3) is 10.9 Å². The van der Waals surface area contributed by atoms with Gasteiger partial charge in [0, 0.05) is 55.1 Å². The minimum Gasteiger partial charge on any atom is -0.490 e. The summed E-state index contributed by atoms with van der Waals surface area (Å²) in [6.07, 6.45) is 3.73. The van der Waals surface area contributed by atoms with E-state index in [-0.39, 0.29) is 12.0 Å². The van der Waals surface area contributed by atoms with E-state index in [0.717, 1.165) is 35.1 Å². The van der Waals surface area contributed by atoms with Crippen molar-refractivity contribution in [1.29, 1.82) is 0 Å². The molecule has 0 radical (unpaired) electrons. The van der Waals surface area contributed by atoms with Crippen molar-refractivity contribution < 1.29 is 9.53 Å². The number of hydrogen-bond donors (Lipinski definition) is 0. The molecule has 1 amide bonds. The number of aromatic nitrogens is 1. The molecule has 0 aliphatic carbocycles. The number of piperidine rings is 1. The molecule has 3 aromatic rings. The fourth-order valence-corrected chi connectivity index (χ4v) is 3.69. The number of likely N-dealkylation sites (tertiary alicyclic amines) is 1. The highest BCUT2D eigenvalue weighted by molar-refractivity contribution is 6.30. The number of ether oxygens (including phenoxy) is 1. The topological polar surface area (TPSA) is 34.5 Å². The molecule has 1 aromatic heterocycles. The van der Waals surface area contributed by atoms with Crippen LogP contribution in [0.1, 0.15) is 23.2 Å². The first-order valence-electron chi connectivity index (χ1n) is 8.87. The van der Waals surface area contributed by atoms with Gasteiger partial charge in [-0.3, -0.25) is 4.79 Å². The Morgan fingerprint density at radius 2 is 1.77 bits per heavy atom. The van der Waals surface area contributed by atoms with Crippen LogP contribution in [-0.2, 0) is 7.05 Å². The van der Waals surface area contributed by atoms with Gasteiger partial charge >= 0.3 is 0 Å². The van der Waals surface area contributed by atoms with Gasteiger partial charge in [0.2, 0.25) is 0 Å². The van der Waals surface area contributed by atoms with E-state index in [1.54, 1.807) is 0 Å². The minimum absolute atomic E-state index is 0.103. The third-order valence-electron chi connectivity index (χ3n) is 4.97. The fourth-order valence-electron chi connectivity index (χ4n) is 3.56. The van der Waals surface area contributed by atoms with E-state index in [0.29, 0.717) is 18.1 Å². The first-order valence-corrected chi connectivity index (χ1v) is 9.25. The van der Waals surface area contributed by atoms with Crippen LogP contribution in [0, 0.1) is 0 Å². The Bertz CT molecular complexity index is 925. The summed E-state index contributed by atoms with van der Waals surface area (Å²) in [4.78, 5) is 14.9. The molecule has 0 N–H and O–H groups in total. The molecule has 1 fully saturated rings. The quantitative estimate of drug-likeness (QED) is 0.681. The van der Waals surface area contributed by atoms with E-state index < -0.39 is 0 Å². The fraction of sp³-hybridized carbons (Fsp3) is 0.286. The Kier molecular flexibility index (Phi) is 4.60. The van der Waals surface area contributed by atoms with Crippen LogP contribution in [0.4, 0.5) is 0 Å². The first kappa shape index (κ1) is 17.0. The van der Waals surface area contributed by atoms with Gasteiger partial charge in [0.25, 0.3) is 5.91 Å². The first-order chi connectivity index (χ1) is 12.6. The molecule has 0 unspecified atom stereocenters. The predicted molar refractivity (Wildman–Crippen MR) is 104 cm³/mol. The van der Waals surface area contributed by atoms with Crippen LogP contribution in [0.3, 0.4) is 0 Å². The van der Waals surface area contributed by atoms with Crippen LogP contribution < -0.4 is 4.74 Å². The minimum atomic E-state index is 0.103. The van der Waals surface area contributed by atoms with E-state index in [9.17, 15) is 4.79 Å². The molecule has 5 heteroatoms. The second kappa shape index (κ2) is 7.04. The van der Waals surface area contributed by atoms with Gasteiger partial charge in [-0.05, 0) is 30.3 Å². The van der Waals surface area contributed by atoms with Crippen LogP contribution in [0.5, 0.6) is 5.75 Å². The average molecular weight is 369 g/mol. The molecule has 1 aliphatic rings. The number of carbonyl (C=O) groups excluding carboxylic acids is 1. The Hall–Kier alpha value is -2.46. The SMILES string of the molecule is Cn1cc(C(=O)N2CCC(Oc3ccc(Cl)cc3)CC2)c2ccccc21. The van der Waals surface area contributed by atoms with E-state index in [2.05, 4.69) is 0 Å². The van der Waals surface area contributed by atoms with Gasteiger partial charge in [0.1, 0.15) is 11.9 Å². The third-order valence-corrected chi connectivity index (χ3v) is 5.22. The molecule has 0 bridgehead atoms. The van der Waals surface area contributed by atoms with Gasteiger partial charge in [0.15, 0.2) is 0 Å². The number of aryl methyl sites for hydroxylation is 1. The maximum atomic E-state index is 13.0. The second-order valence-corrected chi connectivity index (χ2v) is 7.17. The molecular formula is C21H21ClN2O2. The molecule has 0 saturated carbocycles. The van der Waals surface area contributed by atoms with Crippen molar-refractivity contribution in [3.63, 3.8) is 0 Å². The Morgan fingerprint density at radius 1 is 1.08 bits per heavy atom. The number of carbonyl (C=O) groups is 1. The van der Waals surface area contributed by atoms with Gasteiger partial charge in [-0.1, -0.05) is 29.8 Å². The molecule has 4 rings (SSSR count). The summed E-state index contributed by atoms with van der Waals surface area (Å²) in [6, 6.07) is 15.5. The number of halogens is 1. The summed E-state index contributed by atoms with van der Waals surface area (Å²) in [5.74, 6) is 0.931. The van der Waals surface area contributed by atoms with Crippen LogP contribution in [0.2, 0.25) is 5.02 Å². The third kappa shape index (κ3) is 3.29. The van der Waals surface area contributed by atoms with Crippen LogP contribution in [-0.4, -0.2) is 34.6 Å². The molecule has 2 heterocycles. The summed E-state index contributed by atoms with van der Waals surface area (Å²) >= 11 is 5.91. The molecule has 26 heavy (non-hydrogen) atoms. The molecule has 0 atom stereocenters. The molecule has 134 valence electrons. The van der Waals surface area contributed by atoms with Crippen LogP contribution >= 0.6 is 11.6 Å². The number of fused-ring (bicyclic) bond motifs is 1. The normalized spacial score (nSPS) is 15.4. The molecule has 4 nitrogen and oxygen atoms in total. The van der Waals surface area contributed by atoms with E-state index >= 15 is 0 Å². The number of nitrogens with zero attached hydrogens (tertiary/aromatic N) is 2. The summed E-state index contributed by atoms with van der Waals surface area (Å²) in [7, 11) is 1.98. The average Bonchev–Trinajstić information content (AvgIpc) is 3.01. The zero-order valence-electron chi connectivity index (χ0n) is 14.7. The standard InChI is InChI=1S/C21H21ClN2O2/c1-23-14-19(18-4-2-3-5-20(18)23)21(25)24-12-10-17(11-13-24)26-16-8-6-15(22)7-9-16/h2-9,14,17H,10-13H2,1H3. The molecule has 1 saturated heterocycles. The Labute approximate surface area is 157 Å². The van der Waals surface area contributed by atoms with E-state index in [4.69, 9.17) is 16.3 Å². The van der Waals surface area contributed by atoms with E-state index in [1.165, 1.54) is 0 Å². The number of amides is 1. The highest BCUT2D eigenvalue weighted by atomic mass is 35.5. The van der Waals surface area contributed by atoms with Gasteiger partial charge in [-0.2, -0.15) is 0 Å². The lowest BCUT2D eigenvalue weighted by molar-refractivity contribution is 0.0597. The summed E-state index contributed by atoms with van der Waals surface area (Å²) in [6.45, 7) is 1.42. The summed E-state index contributed by atoms with van der Waals surface area (Å²) in [5.41, 5.74) is 1.86. The lowest BCUT2D eigenvalue weighted by atomic mass is 10.1. The monoisotopic (exact) mass is 368 g/mol. The largest absolute Gasteiger partial charge is 0.490 e. The highest BCUT2D eigenvalue weighted by Gasteiger charge is 2.26. The van der Waals surface area contributed by atoms with Gasteiger partial charge < -0.3 is 14.2 Å². The van der Waals surface area contributed by atoms with Crippen molar-refractivity contribution in [3.05, 3.63) is 65.3 Å². The molecule has 2 aromatic carbocycles. The zero-order valence-corrected chi connectivity index (χ0v) is 15.4. The second-order valence-electron chi connectivity index (χ2n) is 6.73. The van der Waals surface area contributed by atoms with Crippen molar-refractivity contribution in [2.45, 2.75) is 18.9 Å². The van der Waals surface area contributed by atoms with Crippen molar-refractivity contribution in [2.24, 2.45) is 7.05 Å². The number of rotatable bonds is 3. The maximum Gasteiger partial charge on any atom is 0.256 e. The lowest BCUT2D eigenvalue weighted by Gasteiger charge is -2.32. The molecular weight excluding hydrogens is 348 g/mol. The number of hydrogen-bond acceptors (Lipinski definition) is 2. The Morgan fingerprint density at radius 3 is 2.50 bits per heavy atom. The van der Waals surface area contributed by atoms with E-state index in [1.807, 2.05) is 71.2 Å². The van der Waals surface area contributed by atoms with Crippen molar-refractivity contribution in [3.8, 4) is 5.75 Å². The summed E-state index contributed by atoms with van der Waals surface area (Å²) in [5, 5.41) is 1.72. The smallest absolute Gasteiger partial charge is 0.256 e. The van der Waals surface area contributed by atoms with Gasteiger partial charge in [0.05, 0.1) is 5.56 Å². The lowest BCUT2D eigenvalue weighted by Crippen LogP contribution is -2.41. The number of para-hydroxylation sites is 1. The highest BCUT2D eigenvalue weighted by Crippen LogP contribution is 2.25. The molecule has 1 aliphatic heterocycles. The zero-order chi connectivity index (χ0) is 18.1. The van der Waals surface area contributed by atoms with Crippen molar-refractivity contribution in [1.82, 2.24) is 9.47 Å². The number of benzene rings is 2. The van der Waals surface area contributed by atoms with Crippen molar-refractivity contribution >= 4 is 28.4 Å². The molecule has 0 spiro atoms.